The standard InChI is InChI=1S/C17H19N7O2/c1-11(2)15-6-5-14(8-16(15)24(25)26)9-19-22-10-18-20-17(22)23-13(4)7-12(3)21-23/h5-11H,1-4H3. The van der Waals surface area contributed by atoms with E-state index in [0.717, 1.165) is 11.4 Å². The van der Waals surface area contributed by atoms with Crippen molar-refractivity contribution in [1.29, 1.82) is 0 Å². The lowest BCUT2D eigenvalue weighted by Crippen LogP contribution is -2.06. The van der Waals surface area contributed by atoms with Gasteiger partial charge in [-0.2, -0.15) is 14.9 Å². The van der Waals surface area contributed by atoms with E-state index in [9.17, 15) is 10.1 Å². The number of nitro benzene ring substituents is 1. The Kier molecular flexibility index (Phi) is 4.61. The normalized spacial score (nSPS) is 11.6. The van der Waals surface area contributed by atoms with Crippen molar-refractivity contribution in [2.24, 2.45) is 5.10 Å². The molecule has 2 aromatic heterocycles. The molecule has 0 N–H and O–H groups in total. The minimum atomic E-state index is -0.368. The highest BCUT2D eigenvalue weighted by atomic mass is 16.6. The Labute approximate surface area is 150 Å². The number of benzene rings is 1. The molecule has 2 heterocycles. The van der Waals surface area contributed by atoms with Crippen LogP contribution in [-0.2, 0) is 0 Å². The second-order valence-electron chi connectivity index (χ2n) is 6.29. The molecule has 134 valence electrons. The summed E-state index contributed by atoms with van der Waals surface area (Å²) in [6.45, 7) is 7.65. The molecule has 0 amide bonds. The molecule has 26 heavy (non-hydrogen) atoms. The summed E-state index contributed by atoms with van der Waals surface area (Å²) in [5.74, 6) is 0.511. The number of hydrogen-bond acceptors (Lipinski definition) is 6. The van der Waals surface area contributed by atoms with E-state index < -0.39 is 0 Å². The highest BCUT2D eigenvalue weighted by molar-refractivity contribution is 5.81. The molecule has 0 radical (unpaired) electrons. The third kappa shape index (κ3) is 3.37. The van der Waals surface area contributed by atoms with Crippen LogP contribution < -0.4 is 0 Å². The van der Waals surface area contributed by atoms with Crippen molar-refractivity contribution in [3.05, 3.63) is 63.2 Å². The zero-order chi connectivity index (χ0) is 18.8. The van der Waals surface area contributed by atoms with Crippen LogP contribution in [0.2, 0.25) is 0 Å². The van der Waals surface area contributed by atoms with Crippen LogP contribution in [0.25, 0.3) is 5.95 Å². The van der Waals surface area contributed by atoms with Crippen LogP contribution in [0.15, 0.2) is 35.7 Å². The van der Waals surface area contributed by atoms with Gasteiger partial charge in [-0.25, -0.2) is 4.68 Å². The fourth-order valence-corrected chi connectivity index (χ4v) is 2.69. The molecule has 9 heteroatoms. The molecule has 3 rings (SSSR count). The summed E-state index contributed by atoms with van der Waals surface area (Å²) in [7, 11) is 0. The average Bonchev–Trinajstić information content (AvgIpc) is 3.17. The average molecular weight is 353 g/mol. The van der Waals surface area contributed by atoms with E-state index in [4.69, 9.17) is 0 Å². The predicted octanol–water partition coefficient (Wildman–Crippen LogP) is 2.99. The summed E-state index contributed by atoms with van der Waals surface area (Å²) in [5, 5.41) is 27.9. The topological polar surface area (TPSA) is 104 Å². The van der Waals surface area contributed by atoms with Gasteiger partial charge in [-0.1, -0.05) is 26.0 Å². The van der Waals surface area contributed by atoms with Crippen molar-refractivity contribution >= 4 is 11.9 Å². The molecule has 0 aliphatic heterocycles. The second-order valence-corrected chi connectivity index (χ2v) is 6.29. The van der Waals surface area contributed by atoms with E-state index in [1.165, 1.54) is 23.3 Å². The van der Waals surface area contributed by atoms with Gasteiger partial charge < -0.3 is 0 Å². The fourth-order valence-electron chi connectivity index (χ4n) is 2.69. The number of hydrogen-bond donors (Lipinski definition) is 0. The third-order valence-corrected chi connectivity index (χ3v) is 3.92. The van der Waals surface area contributed by atoms with E-state index >= 15 is 0 Å². The van der Waals surface area contributed by atoms with Gasteiger partial charge in [-0.15, -0.1) is 10.2 Å². The van der Waals surface area contributed by atoms with Crippen LogP contribution in [-0.4, -0.2) is 35.8 Å². The predicted molar refractivity (Wildman–Crippen MR) is 96.8 cm³/mol. The Bertz CT molecular complexity index is 985. The zero-order valence-corrected chi connectivity index (χ0v) is 15.0. The van der Waals surface area contributed by atoms with Gasteiger partial charge in [0.1, 0.15) is 6.33 Å². The van der Waals surface area contributed by atoms with E-state index in [2.05, 4.69) is 20.4 Å². The van der Waals surface area contributed by atoms with Crippen molar-refractivity contribution < 1.29 is 4.92 Å². The van der Waals surface area contributed by atoms with Crippen LogP contribution in [0.1, 0.15) is 42.3 Å². The minimum absolute atomic E-state index is 0.0665. The first-order valence-electron chi connectivity index (χ1n) is 8.13. The van der Waals surface area contributed by atoms with Gasteiger partial charge in [-0.3, -0.25) is 10.1 Å². The van der Waals surface area contributed by atoms with Crippen molar-refractivity contribution in [2.45, 2.75) is 33.6 Å². The van der Waals surface area contributed by atoms with Crippen molar-refractivity contribution in [2.75, 3.05) is 0 Å². The first-order valence-corrected chi connectivity index (χ1v) is 8.13. The summed E-state index contributed by atoms with van der Waals surface area (Å²) in [6, 6.07) is 7.01. The number of rotatable bonds is 5. The largest absolute Gasteiger partial charge is 0.273 e. The van der Waals surface area contributed by atoms with Crippen molar-refractivity contribution in [3.8, 4) is 5.95 Å². The first kappa shape index (κ1) is 17.5. The maximum Gasteiger partial charge on any atom is 0.273 e. The maximum absolute atomic E-state index is 11.3. The lowest BCUT2D eigenvalue weighted by molar-refractivity contribution is -0.385. The van der Waals surface area contributed by atoms with E-state index in [0.29, 0.717) is 17.1 Å². The molecule has 0 unspecified atom stereocenters. The van der Waals surface area contributed by atoms with E-state index in [-0.39, 0.29) is 16.5 Å². The third-order valence-electron chi connectivity index (χ3n) is 3.92. The van der Waals surface area contributed by atoms with Gasteiger partial charge in [0.2, 0.25) is 0 Å². The Morgan fingerprint density at radius 3 is 2.65 bits per heavy atom. The van der Waals surface area contributed by atoms with Crippen LogP contribution in [0.3, 0.4) is 0 Å². The molecule has 0 spiro atoms. The maximum atomic E-state index is 11.3. The highest BCUT2D eigenvalue weighted by Gasteiger charge is 2.16. The summed E-state index contributed by atoms with van der Waals surface area (Å²) < 4.78 is 3.12. The lowest BCUT2D eigenvalue weighted by atomic mass is 9.99. The molecule has 0 fully saturated rings. The number of nitro groups is 1. The molecular weight excluding hydrogens is 334 g/mol. The number of aromatic nitrogens is 5. The van der Waals surface area contributed by atoms with Gasteiger partial charge in [0, 0.05) is 22.9 Å². The zero-order valence-electron chi connectivity index (χ0n) is 15.0. The van der Waals surface area contributed by atoms with Crippen LogP contribution in [0.5, 0.6) is 0 Å². The summed E-state index contributed by atoms with van der Waals surface area (Å²) in [4.78, 5) is 10.9. The van der Waals surface area contributed by atoms with Gasteiger partial charge >= 0.3 is 0 Å². The Hall–Kier alpha value is -3.36. The number of nitrogens with zero attached hydrogens (tertiary/aromatic N) is 7. The van der Waals surface area contributed by atoms with Gasteiger partial charge in [0.25, 0.3) is 11.6 Å². The van der Waals surface area contributed by atoms with Gasteiger partial charge in [0.15, 0.2) is 0 Å². The van der Waals surface area contributed by atoms with Gasteiger partial charge in [0.05, 0.1) is 16.8 Å². The smallest absolute Gasteiger partial charge is 0.258 e. The molecular formula is C17H19N7O2. The van der Waals surface area contributed by atoms with Crippen LogP contribution in [0, 0.1) is 24.0 Å². The summed E-state index contributed by atoms with van der Waals surface area (Å²) in [5.41, 5.74) is 3.17. The molecule has 0 bridgehead atoms. The Morgan fingerprint density at radius 1 is 1.27 bits per heavy atom. The Balaban J connectivity index is 1.95. The Morgan fingerprint density at radius 2 is 2.04 bits per heavy atom. The molecule has 1 aromatic carbocycles. The lowest BCUT2D eigenvalue weighted by Gasteiger charge is -2.07. The first-order chi connectivity index (χ1) is 12.4. The minimum Gasteiger partial charge on any atom is -0.258 e. The fraction of sp³-hybridized carbons (Fsp3) is 0.294. The SMILES string of the molecule is Cc1cc(C)n(-c2nncn2N=Cc2ccc(C(C)C)c([N+](=O)[O-])c2)n1. The molecule has 9 nitrogen and oxygen atoms in total. The van der Waals surface area contributed by atoms with Crippen LogP contribution >= 0.6 is 0 Å². The summed E-state index contributed by atoms with van der Waals surface area (Å²) >= 11 is 0. The monoisotopic (exact) mass is 353 g/mol. The molecule has 0 aliphatic carbocycles. The molecule has 3 aromatic rings. The number of aryl methyl sites for hydroxylation is 2. The van der Waals surface area contributed by atoms with Gasteiger partial charge in [-0.05, 0) is 25.8 Å². The highest BCUT2D eigenvalue weighted by Crippen LogP contribution is 2.26. The molecule has 0 aliphatic rings. The molecule has 0 saturated heterocycles. The van der Waals surface area contributed by atoms with Crippen molar-refractivity contribution in [1.82, 2.24) is 24.7 Å². The summed E-state index contributed by atoms with van der Waals surface area (Å²) in [6.07, 6.45) is 2.99. The quantitative estimate of drug-likeness (QED) is 0.398. The van der Waals surface area contributed by atoms with E-state index in [1.807, 2.05) is 33.8 Å². The van der Waals surface area contributed by atoms with Crippen LogP contribution in [0.4, 0.5) is 5.69 Å². The second kappa shape index (κ2) is 6.87. The van der Waals surface area contributed by atoms with Crippen molar-refractivity contribution in [3.63, 3.8) is 0 Å². The molecule has 0 atom stereocenters. The van der Waals surface area contributed by atoms with E-state index in [1.54, 1.807) is 16.8 Å². The molecule has 0 saturated carbocycles.